The molecule has 0 atom stereocenters. The van der Waals surface area contributed by atoms with E-state index in [0.29, 0.717) is 6.54 Å². The molecule has 0 unspecified atom stereocenters. The van der Waals surface area contributed by atoms with Crippen molar-refractivity contribution in [3.8, 4) is 0 Å². The summed E-state index contributed by atoms with van der Waals surface area (Å²) in [6.07, 6.45) is 0.695. The van der Waals surface area contributed by atoms with Crippen molar-refractivity contribution in [3.05, 3.63) is 30.3 Å². The maximum Gasteiger partial charge on any atom is 0.407 e. The molecular weight excluding hydrogens is 356 g/mol. The van der Waals surface area contributed by atoms with Crippen LogP contribution in [0.5, 0.6) is 0 Å². The molecule has 0 radical (unpaired) electrons. The fourth-order valence-electron chi connectivity index (χ4n) is 3.08. The number of ether oxygens (including phenoxy) is 1. The van der Waals surface area contributed by atoms with E-state index in [1.807, 2.05) is 6.07 Å². The number of carbonyl (C=O) groups is 2. The van der Waals surface area contributed by atoms with E-state index in [2.05, 4.69) is 44.7 Å². The largest absolute Gasteiger partial charge is 0.444 e. The summed E-state index contributed by atoms with van der Waals surface area (Å²) in [7, 11) is 0. The van der Waals surface area contributed by atoms with Gasteiger partial charge in [0.15, 0.2) is 0 Å². The highest BCUT2D eigenvalue weighted by atomic mass is 16.6. The predicted octanol–water partition coefficient (Wildman–Crippen LogP) is 2.23. The third-order valence-electron chi connectivity index (χ3n) is 4.49. The number of benzene rings is 1. The Bertz CT molecular complexity index is 608. The Hall–Kier alpha value is -2.28. The third kappa shape index (κ3) is 8.61. The quantitative estimate of drug-likeness (QED) is 0.666. The lowest BCUT2D eigenvalue weighted by Crippen LogP contribution is -2.47. The van der Waals surface area contributed by atoms with Crippen LogP contribution in [0.25, 0.3) is 0 Å². The molecule has 0 bridgehead atoms. The first-order valence-electron chi connectivity index (χ1n) is 10.1. The second-order valence-electron chi connectivity index (χ2n) is 8.05. The lowest BCUT2D eigenvalue weighted by Gasteiger charge is -2.36. The van der Waals surface area contributed by atoms with E-state index in [1.165, 1.54) is 5.69 Å². The van der Waals surface area contributed by atoms with Crippen LogP contribution in [0, 0.1) is 0 Å². The van der Waals surface area contributed by atoms with E-state index >= 15 is 0 Å². The Labute approximate surface area is 168 Å². The molecule has 28 heavy (non-hydrogen) atoms. The highest BCUT2D eigenvalue weighted by Gasteiger charge is 2.17. The summed E-state index contributed by atoms with van der Waals surface area (Å²) in [6.45, 7) is 11.5. The van der Waals surface area contributed by atoms with Gasteiger partial charge in [-0.15, -0.1) is 0 Å². The SMILES string of the molecule is CC(C)(C)OC(=O)NCCC(=O)NCCCN1CCN(c2ccccc2)CC1. The summed E-state index contributed by atoms with van der Waals surface area (Å²) in [5, 5.41) is 5.51. The molecule has 1 aliphatic rings. The number of hydrogen-bond donors (Lipinski definition) is 2. The van der Waals surface area contributed by atoms with Crippen LogP contribution in [0.2, 0.25) is 0 Å². The van der Waals surface area contributed by atoms with Gasteiger partial charge in [-0.1, -0.05) is 18.2 Å². The molecule has 1 aliphatic heterocycles. The minimum atomic E-state index is -0.529. The van der Waals surface area contributed by atoms with Crippen LogP contribution in [-0.2, 0) is 9.53 Å². The summed E-state index contributed by atoms with van der Waals surface area (Å²) in [5.41, 5.74) is 0.758. The van der Waals surface area contributed by atoms with Crippen LogP contribution >= 0.6 is 0 Å². The highest BCUT2D eigenvalue weighted by molar-refractivity contribution is 5.77. The highest BCUT2D eigenvalue weighted by Crippen LogP contribution is 2.15. The zero-order chi connectivity index (χ0) is 20.4. The fourth-order valence-corrected chi connectivity index (χ4v) is 3.08. The standard InChI is InChI=1S/C21H34N4O3/c1-21(2,3)28-20(27)23-12-10-19(26)22-11-7-13-24-14-16-25(17-15-24)18-8-5-4-6-9-18/h4-6,8-9H,7,10-17H2,1-3H3,(H,22,26)(H,23,27). The Morgan fingerprint density at radius 3 is 2.32 bits per heavy atom. The first-order valence-corrected chi connectivity index (χ1v) is 10.1. The van der Waals surface area contributed by atoms with E-state index in [4.69, 9.17) is 4.74 Å². The van der Waals surface area contributed by atoms with E-state index in [-0.39, 0.29) is 18.9 Å². The molecule has 1 aromatic rings. The van der Waals surface area contributed by atoms with E-state index in [1.54, 1.807) is 20.8 Å². The maximum absolute atomic E-state index is 11.8. The molecule has 0 aliphatic carbocycles. The van der Waals surface area contributed by atoms with Crippen LogP contribution in [0.15, 0.2) is 30.3 Å². The third-order valence-corrected chi connectivity index (χ3v) is 4.49. The predicted molar refractivity (Wildman–Crippen MR) is 112 cm³/mol. The molecular formula is C21H34N4O3. The number of amides is 2. The van der Waals surface area contributed by atoms with Gasteiger partial charge < -0.3 is 20.3 Å². The van der Waals surface area contributed by atoms with Crippen LogP contribution in [0.4, 0.5) is 10.5 Å². The summed E-state index contributed by atoms with van der Waals surface area (Å²) < 4.78 is 5.13. The van der Waals surface area contributed by atoms with E-state index in [9.17, 15) is 9.59 Å². The summed E-state index contributed by atoms with van der Waals surface area (Å²) >= 11 is 0. The van der Waals surface area contributed by atoms with Gasteiger partial charge in [0.25, 0.3) is 0 Å². The number of rotatable bonds is 8. The molecule has 0 spiro atoms. The van der Waals surface area contributed by atoms with Crippen molar-refractivity contribution in [2.24, 2.45) is 0 Å². The monoisotopic (exact) mass is 390 g/mol. The Balaban J connectivity index is 1.50. The number of nitrogens with zero attached hydrogens (tertiary/aromatic N) is 2. The maximum atomic E-state index is 11.8. The average Bonchev–Trinajstić information content (AvgIpc) is 2.65. The Kier molecular flexibility index (Phi) is 8.57. The molecule has 1 fully saturated rings. The van der Waals surface area contributed by atoms with Gasteiger partial charge in [-0.3, -0.25) is 9.69 Å². The minimum Gasteiger partial charge on any atom is -0.444 e. The van der Waals surface area contributed by atoms with Crippen molar-refractivity contribution in [1.29, 1.82) is 0 Å². The zero-order valence-electron chi connectivity index (χ0n) is 17.4. The molecule has 0 aromatic heterocycles. The van der Waals surface area contributed by atoms with Crippen LogP contribution in [0.1, 0.15) is 33.6 Å². The topological polar surface area (TPSA) is 73.9 Å². The number of anilines is 1. The minimum absolute atomic E-state index is 0.0510. The number of para-hydroxylation sites is 1. The second-order valence-corrected chi connectivity index (χ2v) is 8.05. The van der Waals surface area contributed by atoms with Gasteiger partial charge in [0.1, 0.15) is 5.60 Å². The molecule has 1 heterocycles. The molecule has 2 amide bonds. The Morgan fingerprint density at radius 2 is 1.68 bits per heavy atom. The van der Waals surface area contributed by atoms with Crippen LogP contribution in [-0.4, -0.2) is 68.3 Å². The van der Waals surface area contributed by atoms with Gasteiger partial charge in [-0.05, 0) is 45.9 Å². The van der Waals surface area contributed by atoms with Crippen molar-refractivity contribution < 1.29 is 14.3 Å². The van der Waals surface area contributed by atoms with Crippen LogP contribution in [0.3, 0.4) is 0 Å². The lowest BCUT2D eigenvalue weighted by molar-refractivity contribution is -0.120. The first kappa shape index (κ1) is 22.0. The number of alkyl carbamates (subject to hydrolysis) is 1. The summed E-state index contributed by atoms with van der Waals surface area (Å²) in [5.74, 6) is -0.0510. The smallest absolute Gasteiger partial charge is 0.407 e. The zero-order valence-corrected chi connectivity index (χ0v) is 17.4. The summed E-state index contributed by atoms with van der Waals surface area (Å²) in [4.78, 5) is 28.2. The van der Waals surface area contributed by atoms with Gasteiger partial charge in [0.2, 0.25) is 5.91 Å². The molecule has 1 aromatic carbocycles. The first-order chi connectivity index (χ1) is 13.3. The average molecular weight is 391 g/mol. The molecule has 7 nitrogen and oxygen atoms in total. The van der Waals surface area contributed by atoms with Gasteiger partial charge in [-0.25, -0.2) is 4.79 Å². The normalized spacial score (nSPS) is 15.2. The van der Waals surface area contributed by atoms with Gasteiger partial charge in [-0.2, -0.15) is 0 Å². The van der Waals surface area contributed by atoms with Crippen molar-refractivity contribution >= 4 is 17.7 Å². The fraction of sp³-hybridized carbons (Fsp3) is 0.619. The molecule has 0 saturated carbocycles. The number of nitrogens with one attached hydrogen (secondary N) is 2. The molecule has 7 heteroatoms. The summed E-state index contributed by atoms with van der Waals surface area (Å²) in [6, 6.07) is 10.5. The van der Waals surface area contributed by atoms with Crippen molar-refractivity contribution in [1.82, 2.24) is 15.5 Å². The number of carbonyl (C=O) groups excluding carboxylic acids is 2. The molecule has 1 saturated heterocycles. The number of hydrogen-bond acceptors (Lipinski definition) is 5. The van der Waals surface area contributed by atoms with E-state index < -0.39 is 11.7 Å². The van der Waals surface area contributed by atoms with Crippen molar-refractivity contribution in [2.75, 3.05) is 50.7 Å². The van der Waals surface area contributed by atoms with Crippen molar-refractivity contribution in [3.63, 3.8) is 0 Å². The second kappa shape index (κ2) is 10.9. The van der Waals surface area contributed by atoms with Gasteiger partial charge >= 0.3 is 6.09 Å². The lowest BCUT2D eigenvalue weighted by atomic mass is 10.2. The van der Waals surface area contributed by atoms with Gasteiger partial charge in [0, 0.05) is 51.4 Å². The van der Waals surface area contributed by atoms with Crippen molar-refractivity contribution in [2.45, 2.75) is 39.2 Å². The van der Waals surface area contributed by atoms with E-state index in [0.717, 1.165) is 39.1 Å². The molecule has 2 rings (SSSR count). The van der Waals surface area contributed by atoms with Gasteiger partial charge in [0.05, 0.1) is 0 Å². The molecule has 2 N–H and O–H groups in total. The molecule has 156 valence electrons. The van der Waals surface area contributed by atoms with Crippen LogP contribution < -0.4 is 15.5 Å². The number of piperazine rings is 1. The Morgan fingerprint density at radius 1 is 1.00 bits per heavy atom.